The van der Waals surface area contributed by atoms with Crippen molar-refractivity contribution in [1.82, 2.24) is 9.80 Å². The highest BCUT2D eigenvalue weighted by Gasteiger charge is 2.21. The maximum absolute atomic E-state index is 8.61. The van der Waals surface area contributed by atoms with Gasteiger partial charge >= 0.3 is 0 Å². The normalized spacial score (nSPS) is 22.2. The van der Waals surface area contributed by atoms with Crippen molar-refractivity contribution in [3.63, 3.8) is 0 Å². The monoisotopic (exact) mass is 196 g/mol. The van der Waals surface area contributed by atoms with Crippen molar-refractivity contribution in [2.24, 2.45) is 5.73 Å². The molecule has 0 amide bonds. The molecule has 0 aromatic heterocycles. The molecule has 0 saturated carbocycles. The molecule has 0 bridgehead atoms. The number of rotatable bonds is 3. The number of hydrogen-bond donors (Lipinski definition) is 1. The molecule has 1 saturated heterocycles. The average molecular weight is 196 g/mol. The fourth-order valence-corrected chi connectivity index (χ4v) is 1.94. The van der Waals surface area contributed by atoms with E-state index in [0.717, 1.165) is 13.1 Å². The van der Waals surface area contributed by atoms with Crippen LogP contribution in [0.4, 0.5) is 0 Å². The standard InChI is InChI=1S/C10H20N4/c1-13-5-3-10(4-6-13)14(2)8-9(12)7-11/h9-10H,3-6,8,12H2,1-2H3. The quantitative estimate of drug-likeness (QED) is 0.683. The molecule has 14 heavy (non-hydrogen) atoms. The van der Waals surface area contributed by atoms with Crippen molar-refractivity contribution in [3.05, 3.63) is 0 Å². The third kappa shape index (κ3) is 3.26. The van der Waals surface area contributed by atoms with E-state index in [0.29, 0.717) is 12.6 Å². The first-order valence-electron chi connectivity index (χ1n) is 5.17. The molecule has 1 unspecified atom stereocenters. The fraction of sp³-hybridized carbons (Fsp3) is 0.900. The molecule has 1 aliphatic heterocycles. The Bertz CT molecular complexity index is 203. The third-order valence-electron chi connectivity index (χ3n) is 2.96. The SMILES string of the molecule is CN1CCC(N(C)CC(N)C#N)CC1. The Morgan fingerprint density at radius 2 is 2.14 bits per heavy atom. The van der Waals surface area contributed by atoms with Crippen molar-refractivity contribution in [3.8, 4) is 6.07 Å². The van der Waals surface area contributed by atoms with Crippen LogP contribution in [0.1, 0.15) is 12.8 Å². The molecule has 0 aliphatic carbocycles. The molecular weight excluding hydrogens is 176 g/mol. The van der Waals surface area contributed by atoms with Crippen LogP contribution in [0.25, 0.3) is 0 Å². The Morgan fingerprint density at radius 3 is 2.64 bits per heavy atom. The highest BCUT2D eigenvalue weighted by Crippen LogP contribution is 2.13. The summed E-state index contributed by atoms with van der Waals surface area (Å²) in [6.07, 6.45) is 2.37. The second kappa shape index (κ2) is 5.30. The van der Waals surface area contributed by atoms with E-state index >= 15 is 0 Å². The average Bonchev–Trinajstić information content (AvgIpc) is 2.18. The number of likely N-dealkylation sites (N-methyl/N-ethyl adjacent to an activating group) is 1. The summed E-state index contributed by atoms with van der Waals surface area (Å²) < 4.78 is 0. The number of likely N-dealkylation sites (tertiary alicyclic amines) is 1. The molecule has 1 heterocycles. The van der Waals surface area contributed by atoms with Gasteiger partial charge in [-0.15, -0.1) is 0 Å². The van der Waals surface area contributed by atoms with Gasteiger partial charge in [-0.2, -0.15) is 5.26 Å². The first-order chi connectivity index (χ1) is 6.63. The molecule has 2 N–H and O–H groups in total. The van der Waals surface area contributed by atoms with Gasteiger partial charge in [-0.25, -0.2) is 0 Å². The van der Waals surface area contributed by atoms with Crippen LogP contribution >= 0.6 is 0 Å². The van der Waals surface area contributed by atoms with Crippen LogP contribution in [0.3, 0.4) is 0 Å². The summed E-state index contributed by atoms with van der Waals surface area (Å²) in [5.41, 5.74) is 5.59. The van der Waals surface area contributed by atoms with Gasteiger partial charge in [0.25, 0.3) is 0 Å². The van der Waals surface area contributed by atoms with Crippen LogP contribution in [-0.4, -0.2) is 55.6 Å². The van der Waals surface area contributed by atoms with E-state index in [2.05, 4.69) is 30.0 Å². The van der Waals surface area contributed by atoms with Crippen LogP contribution < -0.4 is 5.73 Å². The van der Waals surface area contributed by atoms with E-state index in [4.69, 9.17) is 11.0 Å². The van der Waals surface area contributed by atoms with E-state index in [1.807, 2.05) is 0 Å². The van der Waals surface area contributed by atoms with Crippen molar-refractivity contribution in [2.75, 3.05) is 33.7 Å². The minimum atomic E-state index is -0.348. The molecule has 0 spiro atoms. The summed E-state index contributed by atoms with van der Waals surface area (Å²) in [5.74, 6) is 0. The summed E-state index contributed by atoms with van der Waals surface area (Å²) in [7, 11) is 4.21. The molecule has 4 heteroatoms. The Morgan fingerprint density at radius 1 is 1.57 bits per heavy atom. The topological polar surface area (TPSA) is 56.3 Å². The van der Waals surface area contributed by atoms with E-state index in [9.17, 15) is 0 Å². The van der Waals surface area contributed by atoms with Gasteiger partial charge in [-0.1, -0.05) is 0 Å². The lowest BCUT2D eigenvalue weighted by atomic mass is 10.0. The molecule has 0 aromatic rings. The Labute approximate surface area is 86.3 Å². The summed E-state index contributed by atoms with van der Waals surface area (Å²) in [6, 6.07) is 2.32. The van der Waals surface area contributed by atoms with Crippen LogP contribution in [0.15, 0.2) is 0 Å². The highest BCUT2D eigenvalue weighted by atomic mass is 15.2. The number of nitrogens with zero attached hydrogens (tertiary/aromatic N) is 3. The number of hydrogen-bond acceptors (Lipinski definition) is 4. The predicted octanol–water partition coefficient (Wildman–Crippen LogP) is -0.137. The number of piperidine rings is 1. The molecule has 4 nitrogen and oxygen atoms in total. The largest absolute Gasteiger partial charge is 0.315 e. The van der Waals surface area contributed by atoms with Gasteiger partial charge in [0.1, 0.15) is 6.04 Å². The molecule has 0 radical (unpaired) electrons. The molecule has 1 rings (SSSR count). The van der Waals surface area contributed by atoms with Gasteiger partial charge in [-0.05, 0) is 40.0 Å². The zero-order valence-electron chi connectivity index (χ0n) is 9.11. The molecule has 1 atom stereocenters. The first kappa shape index (κ1) is 11.4. The molecule has 1 aliphatic rings. The molecule has 0 aromatic carbocycles. The zero-order valence-corrected chi connectivity index (χ0v) is 9.11. The first-order valence-corrected chi connectivity index (χ1v) is 5.17. The Hall–Kier alpha value is -0.630. The third-order valence-corrected chi connectivity index (χ3v) is 2.96. The lowest BCUT2D eigenvalue weighted by molar-refractivity contribution is 0.143. The fourth-order valence-electron chi connectivity index (χ4n) is 1.94. The van der Waals surface area contributed by atoms with E-state index in [1.165, 1.54) is 12.8 Å². The molecule has 1 fully saturated rings. The van der Waals surface area contributed by atoms with Crippen molar-refractivity contribution >= 4 is 0 Å². The second-order valence-electron chi connectivity index (χ2n) is 4.21. The van der Waals surface area contributed by atoms with Gasteiger partial charge in [-0.3, -0.25) is 0 Å². The van der Waals surface area contributed by atoms with Gasteiger partial charge in [0.2, 0.25) is 0 Å². The summed E-state index contributed by atoms with van der Waals surface area (Å²) >= 11 is 0. The second-order valence-corrected chi connectivity index (χ2v) is 4.21. The summed E-state index contributed by atoms with van der Waals surface area (Å²) in [5, 5.41) is 8.61. The minimum Gasteiger partial charge on any atom is -0.315 e. The van der Waals surface area contributed by atoms with Gasteiger partial charge in [0.05, 0.1) is 6.07 Å². The van der Waals surface area contributed by atoms with Gasteiger partial charge in [0, 0.05) is 12.6 Å². The highest BCUT2D eigenvalue weighted by molar-refractivity contribution is 4.90. The zero-order chi connectivity index (χ0) is 10.6. The lowest BCUT2D eigenvalue weighted by Gasteiger charge is -2.35. The maximum atomic E-state index is 8.61. The van der Waals surface area contributed by atoms with Gasteiger partial charge < -0.3 is 15.5 Å². The van der Waals surface area contributed by atoms with Gasteiger partial charge in [0.15, 0.2) is 0 Å². The van der Waals surface area contributed by atoms with Crippen LogP contribution in [0, 0.1) is 11.3 Å². The molecular formula is C10H20N4. The number of nitrogens with two attached hydrogens (primary N) is 1. The maximum Gasteiger partial charge on any atom is 0.106 e. The van der Waals surface area contributed by atoms with E-state index in [-0.39, 0.29) is 6.04 Å². The van der Waals surface area contributed by atoms with Crippen molar-refractivity contribution < 1.29 is 0 Å². The van der Waals surface area contributed by atoms with E-state index in [1.54, 1.807) is 0 Å². The smallest absolute Gasteiger partial charge is 0.106 e. The Balaban J connectivity index is 2.31. The van der Waals surface area contributed by atoms with Crippen LogP contribution in [0.5, 0.6) is 0 Å². The summed E-state index contributed by atoms with van der Waals surface area (Å²) in [4.78, 5) is 4.56. The van der Waals surface area contributed by atoms with E-state index < -0.39 is 0 Å². The predicted molar refractivity (Wildman–Crippen MR) is 56.7 cm³/mol. The number of nitriles is 1. The lowest BCUT2D eigenvalue weighted by Crippen LogP contribution is -2.45. The van der Waals surface area contributed by atoms with Crippen LogP contribution in [0.2, 0.25) is 0 Å². The van der Waals surface area contributed by atoms with Crippen molar-refractivity contribution in [1.29, 1.82) is 5.26 Å². The van der Waals surface area contributed by atoms with Crippen molar-refractivity contribution in [2.45, 2.75) is 24.9 Å². The Kier molecular flexibility index (Phi) is 4.33. The van der Waals surface area contributed by atoms with Crippen LogP contribution in [-0.2, 0) is 0 Å². The molecule has 80 valence electrons. The minimum absolute atomic E-state index is 0.348. The summed E-state index contributed by atoms with van der Waals surface area (Å²) in [6.45, 7) is 2.98.